The number of aryl methyl sites for hydroxylation is 1. The van der Waals surface area contributed by atoms with Gasteiger partial charge in [-0.1, -0.05) is 39.8 Å². The van der Waals surface area contributed by atoms with Crippen molar-refractivity contribution >= 4 is 0 Å². The summed E-state index contributed by atoms with van der Waals surface area (Å²) >= 11 is 0. The van der Waals surface area contributed by atoms with Crippen molar-refractivity contribution in [2.45, 2.75) is 47.1 Å². The number of nitriles is 1. The number of rotatable bonds is 1. The third-order valence-corrected chi connectivity index (χ3v) is 4.28. The van der Waals surface area contributed by atoms with Crippen molar-refractivity contribution in [3.8, 4) is 22.9 Å². The van der Waals surface area contributed by atoms with Crippen molar-refractivity contribution in [1.29, 1.82) is 5.26 Å². The molecule has 0 radical (unpaired) electrons. The first-order chi connectivity index (χ1) is 12.3. The van der Waals surface area contributed by atoms with E-state index in [1.54, 1.807) is 0 Å². The second kappa shape index (κ2) is 8.69. The van der Waals surface area contributed by atoms with Gasteiger partial charge in [0.1, 0.15) is 12.4 Å². The zero-order chi connectivity index (χ0) is 18.4. The molecule has 0 atom stereocenters. The van der Waals surface area contributed by atoms with Gasteiger partial charge in [-0.2, -0.15) is 5.26 Å². The van der Waals surface area contributed by atoms with Crippen LogP contribution in [0.2, 0.25) is 0 Å². The Bertz CT molecular complexity index is 770. The molecule has 0 amide bonds. The van der Waals surface area contributed by atoms with E-state index in [1.807, 2.05) is 33.8 Å². The molecule has 0 unspecified atom stereocenters. The topological polar surface area (TPSA) is 42.2 Å². The number of fused-ring (bicyclic) bond motifs is 3. The summed E-state index contributed by atoms with van der Waals surface area (Å²) in [7, 11) is 0. The highest BCUT2D eigenvalue weighted by Gasteiger charge is 2.27. The summed E-state index contributed by atoms with van der Waals surface area (Å²) < 4.78 is 11.1. The molecule has 132 valence electrons. The maximum absolute atomic E-state index is 9.39. The number of nitrogens with zero attached hydrogens (tertiary/aromatic N) is 1. The molecular weight excluding hydrogens is 310 g/mol. The Morgan fingerprint density at radius 2 is 1.72 bits per heavy atom. The zero-order valence-electron chi connectivity index (χ0n) is 15.8. The van der Waals surface area contributed by atoms with Gasteiger partial charge in [0.05, 0.1) is 24.8 Å². The molecule has 3 nitrogen and oxygen atoms in total. The first-order valence-electron chi connectivity index (χ1n) is 9.15. The molecule has 2 aliphatic rings. The van der Waals surface area contributed by atoms with Crippen LogP contribution in [0.1, 0.15) is 55.9 Å². The Morgan fingerprint density at radius 3 is 2.32 bits per heavy atom. The molecular formula is C22H27NO2. The lowest BCUT2D eigenvalue weighted by Crippen LogP contribution is -2.26. The highest BCUT2D eigenvalue weighted by atomic mass is 16.5. The Morgan fingerprint density at radius 1 is 1.00 bits per heavy atom. The molecule has 0 bridgehead atoms. The zero-order valence-corrected chi connectivity index (χ0v) is 15.8. The molecule has 0 spiro atoms. The summed E-state index contributed by atoms with van der Waals surface area (Å²) in [6, 6.07) is 12.7. The first-order valence-corrected chi connectivity index (χ1v) is 9.15. The van der Waals surface area contributed by atoms with E-state index in [0.29, 0.717) is 25.7 Å². The van der Waals surface area contributed by atoms with Gasteiger partial charge in [-0.3, -0.25) is 0 Å². The van der Waals surface area contributed by atoms with Crippen LogP contribution in [-0.2, 0) is 11.3 Å². The van der Waals surface area contributed by atoms with Gasteiger partial charge >= 0.3 is 0 Å². The van der Waals surface area contributed by atoms with Gasteiger partial charge in [0, 0.05) is 11.5 Å². The number of hydrogen-bond acceptors (Lipinski definition) is 3. The molecule has 25 heavy (non-hydrogen) atoms. The van der Waals surface area contributed by atoms with Gasteiger partial charge < -0.3 is 9.47 Å². The van der Waals surface area contributed by atoms with E-state index in [4.69, 9.17) is 9.47 Å². The van der Waals surface area contributed by atoms with Gasteiger partial charge in [0.25, 0.3) is 0 Å². The second-order valence-corrected chi connectivity index (χ2v) is 5.73. The standard InChI is InChI=1S/C18H15NO2.2C2H6/c1-11-2-3-15-17-6-16(14-8-20-9-14)12(7-19)5-13(17)10-21-18(15)4-11;2*1-2/h2-6,14H,8-10H2,1H3;2*1-2H3. The summed E-state index contributed by atoms with van der Waals surface area (Å²) in [5, 5.41) is 9.39. The maximum atomic E-state index is 9.39. The largest absolute Gasteiger partial charge is 0.488 e. The number of benzene rings is 2. The van der Waals surface area contributed by atoms with E-state index in [1.165, 1.54) is 11.1 Å². The van der Waals surface area contributed by atoms with E-state index in [-0.39, 0.29) is 0 Å². The minimum Gasteiger partial charge on any atom is -0.488 e. The Hall–Kier alpha value is -2.31. The summed E-state index contributed by atoms with van der Waals surface area (Å²) in [5.74, 6) is 1.28. The Labute approximate surface area is 151 Å². The number of hydrogen-bond donors (Lipinski definition) is 0. The van der Waals surface area contributed by atoms with Crippen LogP contribution < -0.4 is 4.74 Å². The van der Waals surface area contributed by atoms with Gasteiger partial charge in [0.15, 0.2) is 0 Å². The molecule has 0 N–H and O–H groups in total. The summed E-state index contributed by atoms with van der Waals surface area (Å²) in [6.07, 6.45) is 0. The molecule has 1 saturated heterocycles. The molecule has 4 rings (SSSR count). The first kappa shape index (κ1) is 19.0. The van der Waals surface area contributed by atoms with Crippen molar-refractivity contribution in [1.82, 2.24) is 0 Å². The SMILES string of the molecule is CC.CC.Cc1ccc2c(c1)OCc1cc(C#N)c(C3COC3)cc1-2. The van der Waals surface area contributed by atoms with Crippen LogP contribution in [0.5, 0.6) is 5.75 Å². The van der Waals surface area contributed by atoms with E-state index < -0.39 is 0 Å². The molecule has 0 aliphatic carbocycles. The van der Waals surface area contributed by atoms with E-state index in [9.17, 15) is 5.26 Å². The van der Waals surface area contributed by atoms with Crippen LogP contribution in [0.3, 0.4) is 0 Å². The van der Waals surface area contributed by atoms with Crippen LogP contribution in [0, 0.1) is 18.3 Å². The highest BCUT2D eigenvalue weighted by molar-refractivity contribution is 5.77. The molecule has 2 aliphatic heterocycles. The lowest BCUT2D eigenvalue weighted by atomic mass is 9.86. The average Bonchev–Trinajstić information content (AvgIpc) is 2.63. The smallest absolute Gasteiger partial charge is 0.127 e. The monoisotopic (exact) mass is 337 g/mol. The molecule has 1 fully saturated rings. The molecule has 2 aromatic rings. The van der Waals surface area contributed by atoms with Gasteiger partial charge in [-0.25, -0.2) is 0 Å². The highest BCUT2D eigenvalue weighted by Crippen LogP contribution is 2.41. The predicted octanol–water partition coefficient (Wildman–Crippen LogP) is 5.59. The van der Waals surface area contributed by atoms with Crippen molar-refractivity contribution in [3.63, 3.8) is 0 Å². The fourth-order valence-electron chi connectivity index (χ4n) is 3.01. The second-order valence-electron chi connectivity index (χ2n) is 5.73. The summed E-state index contributed by atoms with van der Waals surface area (Å²) in [6.45, 7) is 12.0. The fourth-order valence-corrected chi connectivity index (χ4v) is 3.01. The minimum absolute atomic E-state index is 0.349. The van der Waals surface area contributed by atoms with E-state index in [2.05, 4.69) is 37.3 Å². The third-order valence-electron chi connectivity index (χ3n) is 4.28. The normalized spacial score (nSPS) is 14.1. The van der Waals surface area contributed by atoms with E-state index in [0.717, 1.165) is 28.0 Å². The molecule has 2 heterocycles. The lowest BCUT2D eigenvalue weighted by Gasteiger charge is -2.29. The third kappa shape index (κ3) is 3.70. The Kier molecular flexibility index (Phi) is 6.61. The van der Waals surface area contributed by atoms with Crippen LogP contribution in [0.25, 0.3) is 11.1 Å². The van der Waals surface area contributed by atoms with Crippen LogP contribution in [0.4, 0.5) is 0 Å². The van der Waals surface area contributed by atoms with E-state index >= 15 is 0 Å². The average molecular weight is 337 g/mol. The molecule has 2 aromatic carbocycles. The number of ether oxygens (including phenoxy) is 2. The van der Waals surface area contributed by atoms with Crippen LogP contribution >= 0.6 is 0 Å². The van der Waals surface area contributed by atoms with Crippen molar-refractivity contribution in [3.05, 3.63) is 52.6 Å². The molecule has 0 aromatic heterocycles. The molecule has 0 saturated carbocycles. The molecule has 3 heteroatoms. The predicted molar refractivity (Wildman–Crippen MR) is 102 cm³/mol. The van der Waals surface area contributed by atoms with Crippen LogP contribution in [-0.4, -0.2) is 13.2 Å². The lowest BCUT2D eigenvalue weighted by molar-refractivity contribution is 0.00832. The summed E-state index contributed by atoms with van der Waals surface area (Å²) in [5.41, 5.74) is 6.45. The fraction of sp³-hybridized carbons (Fsp3) is 0.409. The summed E-state index contributed by atoms with van der Waals surface area (Å²) in [4.78, 5) is 0. The maximum Gasteiger partial charge on any atom is 0.127 e. The van der Waals surface area contributed by atoms with Gasteiger partial charge in [-0.05, 0) is 47.4 Å². The van der Waals surface area contributed by atoms with Crippen LogP contribution in [0.15, 0.2) is 30.3 Å². The van der Waals surface area contributed by atoms with Gasteiger partial charge in [-0.15, -0.1) is 0 Å². The van der Waals surface area contributed by atoms with Crippen molar-refractivity contribution in [2.24, 2.45) is 0 Å². The van der Waals surface area contributed by atoms with Gasteiger partial charge in [0.2, 0.25) is 0 Å². The quantitative estimate of drug-likeness (QED) is 0.681. The van der Waals surface area contributed by atoms with Crippen molar-refractivity contribution in [2.75, 3.05) is 13.2 Å². The van der Waals surface area contributed by atoms with Crippen molar-refractivity contribution < 1.29 is 9.47 Å². The minimum atomic E-state index is 0.349. The Balaban J connectivity index is 0.000000528.